The minimum atomic E-state index is -0.175. The van der Waals surface area contributed by atoms with Crippen molar-refractivity contribution in [2.45, 2.75) is 31.5 Å². The Bertz CT molecular complexity index is 908. The number of para-hydroxylation sites is 1. The number of fused-ring (bicyclic) bond motifs is 1. The number of rotatable bonds is 8. The highest BCUT2D eigenvalue weighted by Crippen LogP contribution is 2.18. The van der Waals surface area contributed by atoms with Crippen molar-refractivity contribution in [3.63, 3.8) is 0 Å². The summed E-state index contributed by atoms with van der Waals surface area (Å²) in [6.07, 6.45) is 0.436. The Kier molecular flexibility index (Phi) is 7.19. The summed E-state index contributed by atoms with van der Waals surface area (Å²) >= 11 is 1.20. The number of hydrogen-bond acceptors (Lipinski definition) is 6. The Morgan fingerprint density at radius 2 is 1.88 bits per heavy atom. The van der Waals surface area contributed by atoms with Gasteiger partial charge in [0.25, 0.3) is 5.56 Å². The fourth-order valence-corrected chi connectivity index (χ4v) is 3.45. The molecule has 26 heavy (non-hydrogen) atoms. The molecule has 1 aromatic carbocycles. The van der Waals surface area contributed by atoms with Gasteiger partial charge in [-0.3, -0.25) is 14.2 Å². The van der Waals surface area contributed by atoms with Crippen molar-refractivity contribution in [1.29, 1.82) is 10.5 Å². The van der Waals surface area contributed by atoms with Gasteiger partial charge in [-0.05, 0) is 19.1 Å². The summed E-state index contributed by atoms with van der Waals surface area (Å²) < 4.78 is 1.55. The number of benzene rings is 1. The topological polar surface area (TPSA) is 103 Å². The van der Waals surface area contributed by atoms with Gasteiger partial charge in [-0.1, -0.05) is 23.9 Å². The zero-order chi connectivity index (χ0) is 18.9. The van der Waals surface area contributed by atoms with Crippen LogP contribution in [0.4, 0.5) is 0 Å². The fourth-order valence-electron chi connectivity index (χ4n) is 2.49. The number of thioether (sulfide) groups is 1. The minimum Gasteiger partial charge on any atom is -0.340 e. The Morgan fingerprint density at radius 3 is 2.50 bits per heavy atom. The van der Waals surface area contributed by atoms with Crippen LogP contribution in [0, 0.1) is 22.7 Å². The van der Waals surface area contributed by atoms with Gasteiger partial charge in [0.05, 0.1) is 41.6 Å². The monoisotopic (exact) mass is 369 g/mol. The normalized spacial score (nSPS) is 10.3. The molecule has 0 saturated heterocycles. The molecule has 0 bridgehead atoms. The van der Waals surface area contributed by atoms with Crippen LogP contribution in [-0.2, 0) is 11.3 Å². The summed E-state index contributed by atoms with van der Waals surface area (Å²) in [4.78, 5) is 31.1. The maximum atomic E-state index is 12.6. The molecule has 0 atom stereocenters. The van der Waals surface area contributed by atoms with E-state index in [-0.39, 0.29) is 30.1 Å². The third-order valence-electron chi connectivity index (χ3n) is 3.81. The van der Waals surface area contributed by atoms with Crippen LogP contribution in [0.3, 0.4) is 0 Å². The molecule has 0 aliphatic heterocycles. The van der Waals surface area contributed by atoms with E-state index in [1.165, 1.54) is 16.7 Å². The van der Waals surface area contributed by atoms with Crippen molar-refractivity contribution in [1.82, 2.24) is 14.5 Å². The number of carbonyl (C=O) groups excluding carboxylic acids is 1. The number of hydrogen-bond donors (Lipinski definition) is 0. The highest BCUT2D eigenvalue weighted by Gasteiger charge is 2.16. The molecule has 0 saturated carbocycles. The van der Waals surface area contributed by atoms with E-state index < -0.39 is 0 Å². The molecular formula is C18H19N5O2S. The Balaban J connectivity index is 2.19. The Hall–Kier alpha value is -2.84. The zero-order valence-electron chi connectivity index (χ0n) is 14.5. The zero-order valence-corrected chi connectivity index (χ0v) is 15.3. The molecule has 0 spiro atoms. The van der Waals surface area contributed by atoms with Crippen LogP contribution in [0.25, 0.3) is 10.9 Å². The van der Waals surface area contributed by atoms with Crippen LogP contribution in [0.5, 0.6) is 0 Å². The van der Waals surface area contributed by atoms with Gasteiger partial charge in [-0.2, -0.15) is 10.5 Å². The van der Waals surface area contributed by atoms with Gasteiger partial charge in [0.15, 0.2) is 5.16 Å². The Morgan fingerprint density at radius 1 is 1.23 bits per heavy atom. The van der Waals surface area contributed by atoms with Crippen LogP contribution >= 0.6 is 11.8 Å². The molecule has 1 aromatic heterocycles. The largest absolute Gasteiger partial charge is 0.340 e. The molecule has 0 radical (unpaired) electrons. The van der Waals surface area contributed by atoms with E-state index in [4.69, 9.17) is 10.5 Å². The molecule has 1 amide bonds. The molecule has 0 aliphatic carbocycles. The maximum absolute atomic E-state index is 12.6. The van der Waals surface area contributed by atoms with Gasteiger partial charge in [-0.25, -0.2) is 4.98 Å². The highest BCUT2D eigenvalue weighted by molar-refractivity contribution is 7.99. The number of carbonyl (C=O) groups is 1. The first-order valence-corrected chi connectivity index (χ1v) is 9.25. The van der Waals surface area contributed by atoms with Crippen molar-refractivity contribution >= 4 is 28.6 Å². The van der Waals surface area contributed by atoms with Gasteiger partial charge in [0, 0.05) is 19.6 Å². The number of nitriles is 2. The van der Waals surface area contributed by atoms with Crippen molar-refractivity contribution in [3.8, 4) is 12.1 Å². The molecule has 7 nitrogen and oxygen atoms in total. The molecule has 8 heteroatoms. The van der Waals surface area contributed by atoms with Crippen LogP contribution < -0.4 is 5.56 Å². The van der Waals surface area contributed by atoms with Gasteiger partial charge in [0.2, 0.25) is 5.91 Å². The molecule has 2 rings (SSSR count). The third-order valence-corrected chi connectivity index (χ3v) is 4.77. The van der Waals surface area contributed by atoms with E-state index in [9.17, 15) is 9.59 Å². The summed E-state index contributed by atoms with van der Waals surface area (Å²) in [6, 6.07) is 11.1. The van der Waals surface area contributed by atoms with Crippen LogP contribution in [-0.4, -0.2) is 39.2 Å². The number of amides is 1. The number of aromatic nitrogens is 2. The van der Waals surface area contributed by atoms with E-state index >= 15 is 0 Å². The molecule has 0 fully saturated rings. The second kappa shape index (κ2) is 9.59. The molecular weight excluding hydrogens is 350 g/mol. The fraction of sp³-hybridized carbons (Fsp3) is 0.389. The van der Waals surface area contributed by atoms with Crippen molar-refractivity contribution in [2.75, 3.05) is 18.8 Å². The predicted octanol–water partition coefficient (Wildman–Crippen LogP) is 2.16. The Labute approximate surface area is 155 Å². The summed E-state index contributed by atoms with van der Waals surface area (Å²) in [6.45, 7) is 2.91. The van der Waals surface area contributed by atoms with Gasteiger partial charge in [-0.15, -0.1) is 0 Å². The smallest absolute Gasteiger partial charge is 0.262 e. The summed E-state index contributed by atoms with van der Waals surface area (Å²) in [5, 5.41) is 18.5. The number of nitrogens with zero attached hydrogens (tertiary/aromatic N) is 5. The average molecular weight is 369 g/mol. The standard InChI is InChI=1S/C18H19N5O2S/c1-2-23-17(25)14-7-3-4-8-15(14)21-18(23)26-13-16(24)22(11-5-9-19)12-6-10-20/h3-4,7-8H,2,5-6,11-13H2,1H3. The maximum Gasteiger partial charge on any atom is 0.262 e. The SMILES string of the molecule is CCn1c(SCC(=O)N(CCC#N)CCC#N)nc2ccccc2c1=O. The lowest BCUT2D eigenvalue weighted by Crippen LogP contribution is -2.34. The molecule has 1 heterocycles. The average Bonchev–Trinajstić information content (AvgIpc) is 2.66. The summed E-state index contributed by atoms with van der Waals surface area (Å²) in [5.74, 6) is -0.0766. The first kappa shape index (κ1) is 19.5. The summed E-state index contributed by atoms with van der Waals surface area (Å²) in [5.41, 5.74) is 0.474. The van der Waals surface area contributed by atoms with E-state index in [2.05, 4.69) is 4.98 Å². The molecule has 0 unspecified atom stereocenters. The lowest BCUT2D eigenvalue weighted by atomic mass is 10.2. The van der Waals surface area contributed by atoms with Crippen LogP contribution in [0.2, 0.25) is 0 Å². The highest BCUT2D eigenvalue weighted by atomic mass is 32.2. The van der Waals surface area contributed by atoms with Crippen molar-refractivity contribution in [2.24, 2.45) is 0 Å². The van der Waals surface area contributed by atoms with Gasteiger partial charge >= 0.3 is 0 Å². The molecule has 134 valence electrons. The van der Waals surface area contributed by atoms with Crippen molar-refractivity contribution < 1.29 is 4.79 Å². The van der Waals surface area contributed by atoms with E-state index in [1.54, 1.807) is 22.8 Å². The van der Waals surface area contributed by atoms with Gasteiger partial charge < -0.3 is 4.90 Å². The van der Waals surface area contributed by atoms with E-state index in [0.29, 0.717) is 35.7 Å². The predicted molar refractivity (Wildman–Crippen MR) is 99.4 cm³/mol. The quantitative estimate of drug-likeness (QED) is 0.522. The first-order valence-electron chi connectivity index (χ1n) is 8.26. The van der Waals surface area contributed by atoms with E-state index in [1.807, 2.05) is 25.1 Å². The molecule has 0 aliphatic rings. The first-order chi connectivity index (χ1) is 12.6. The minimum absolute atomic E-state index is 0.0988. The summed E-state index contributed by atoms with van der Waals surface area (Å²) in [7, 11) is 0. The second-order valence-electron chi connectivity index (χ2n) is 5.45. The lowest BCUT2D eigenvalue weighted by Gasteiger charge is -2.20. The lowest BCUT2D eigenvalue weighted by molar-refractivity contribution is -0.128. The van der Waals surface area contributed by atoms with E-state index in [0.717, 1.165) is 0 Å². The van der Waals surface area contributed by atoms with Gasteiger partial charge in [0.1, 0.15) is 0 Å². The van der Waals surface area contributed by atoms with Crippen LogP contribution in [0.15, 0.2) is 34.2 Å². The molecule has 0 N–H and O–H groups in total. The van der Waals surface area contributed by atoms with Crippen molar-refractivity contribution in [3.05, 3.63) is 34.6 Å². The van der Waals surface area contributed by atoms with Crippen LogP contribution in [0.1, 0.15) is 19.8 Å². The third kappa shape index (κ3) is 4.62. The molecule has 2 aromatic rings. The second-order valence-corrected chi connectivity index (χ2v) is 6.39.